The van der Waals surface area contributed by atoms with Gasteiger partial charge in [0.2, 0.25) is 0 Å². The monoisotopic (exact) mass is 529 g/mol. The number of hydrogen-bond acceptors (Lipinski definition) is 1. The number of hydrogen-bond donors (Lipinski definition) is 0. The SMILES string of the molecule is CN1c2cccc[c]2[Bi]=[CH]c2c(I)cccc21. The van der Waals surface area contributed by atoms with E-state index in [0.29, 0.717) is 0 Å². The van der Waals surface area contributed by atoms with Gasteiger partial charge in [-0.25, -0.2) is 0 Å². The summed E-state index contributed by atoms with van der Waals surface area (Å²) in [4.78, 5) is 2.33. The van der Waals surface area contributed by atoms with Crippen molar-refractivity contribution in [3.05, 3.63) is 51.6 Å². The summed E-state index contributed by atoms with van der Waals surface area (Å²) in [5.41, 5.74) is 4.16. The molecule has 0 aromatic heterocycles. The summed E-state index contributed by atoms with van der Waals surface area (Å²) < 4.78 is 5.45. The van der Waals surface area contributed by atoms with Crippen LogP contribution >= 0.6 is 22.6 Å². The first-order chi connectivity index (χ1) is 8.27. The average Bonchev–Trinajstić information content (AvgIpc) is 2.50. The quantitative estimate of drug-likeness (QED) is 0.375. The van der Waals surface area contributed by atoms with Gasteiger partial charge in [-0.1, -0.05) is 0 Å². The van der Waals surface area contributed by atoms with Crippen LogP contribution in [-0.2, 0) is 0 Å². The van der Waals surface area contributed by atoms with Crippen LogP contribution in [0, 0.1) is 3.57 Å². The molecule has 0 N–H and O–H groups in total. The fourth-order valence-corrected chi connectivity index (χ4v) is 7.87. The van der Waals surface area contributed by atoms with Gasteiger partial charge < -0.3 is 0 Å². The number of fused-ring (bicyclic) bond motifs is 2. The number of nitrogens with zero attached hydrogens (tertiary/aromatic N) is 1. The number of anilines is 2. The average molecular weight is 529 g/mol. The van der Waals surface area contributed by atoms with Crippen molar-refractivity contribution in [1.82, 2.24) is 0 Å². The molecule has 3 heteroatoms. The zero-order valence-corrected chi connectivity index (χ0v) is 15.0. The zero-order valence-electron chi connectivity index (χ0n) is 9.39. The predicted molar refractivity (Wildman–Crippen MR) is 84.2 cm³/mol. The molecule has 84 valence electrons. The van der Waals surface area contributed by atoms with Crippen LogP contribution in [0.3, 0.4) is 0 Å². The molecule has 1 aliphatic heterocycles. The summed E-state index contributed by atoms with van der Waals surface area (Å²) in [7, 11) is 2.17. The molecule has 0 fully saturated rings. The van der Waals surface area contributed by atoms with Crippen LogP contribution in [0.15, 0.2) is 42.5 Å². The Balaban J connectivity index is 2.28. The maximum absolute atomic E-state index is 2.51. The predicted octanol–water partition coefficient (Wildman–Crippen LogP) is 2.55. The van der Waals surface area contributed by atoms with Crippen LogP contribution in [-0.4, -0.2) is 33.5 Å². The molecule has 2 aromatic rings. The van der Waals surface area contributed by atoms with Crippen LogP contribution in [0.2, 0.25) is 0 Å². The van der Waals surface area contributed by atoms with Crippen LogP contribution in [0.5, 0.6) is 0 Å². The molecule has 0 bridgehead atoms. The molecule has 0 atom stereocenters. The zero-order chi connectivity index (χ0) is 11.8. The summed E-state index contributed by atoms with van der Waals surface area (Å²) >= 11 is 1.73. The first kappa shape index (κ1) is 11.8. The fraction of sp³-hybridized carbons (Fsp3) is 0.0714. The van der Waals surface area contributed by atoms with Crippen molar-refractivity contribution in [2.75, 3.05) is 11.9 Å². The minimum atomic E-state index is -0.707. The van der Waals surface area contributed by atoms with Gasteiger partial charge in [-0.05, 0) is 0 Å². The molecule has 0 amide bonds. The van der Waals surface area contributed by atoms with Gasteiger partial charge in [0.1, 0.15) is 0 Å². The van der Waals surface area contributed by atoms with Crippen molar-refractivity contribution >= 4 is 63.7 Å². The first-order valence-corrected chi connectivity index (χ1v) is 10.3. The van der Waals surface area contributed by atoms with Gasteiger partial charge in [0, 0.05) is 0 Å². The van der Waals surface area contributed by atoms with E-state index in [1.54, 1.807) is 3.27 Å². The van der Waals surface area contributed by atoms with Crippen molar-refractivity contribution in [3.8, 4) is 0 Å². The van der Waals surface area contributed by atoms with E-state index in [1.165, 1.54) is 20.5 Å². The Morgan fingerprint density at radius 3 is 2.65 bits per heavy atom. The van der Waals surface area contributed by atoms with Crippen molar-refractivity contribution in [3.63, 3.8) is 0 Å². The molecule has 0 aliphatic carbocycles. The Labute approximate surface area is 126 Å². The Bertz CT molecular complexity index is 607. The second-order valence-electron chi connectivity index (χ2n) is 3.98. The molecule has 0 saturated carbocycles. The topological polar surface area (TPSA) is 3.24 Å². The maximum atomic E-state index is 2.51. The third-order valence-corrected chi connectivity index (χ3v) is 7.96. The van der Waals surface area contributed by atoms with Crippen LogP contribution in [0.25, 0.3) is 0 Å². The summed E-state index contributed by atoms with van der Waals surface area (Å²) in [5, 5.41) is 0. The second-order valence-corrected chi connectivity index (χ2v) is 9.02. The molecule has 3 rings (SSSR count). The molecule has 2 aromatic carbocycles. The molecule has 1 nitrogen and oxygen atoms in total. The number of para-hydroxylation sites is 1. The van der Waals surface area contributed by atoms with Crippen LogP contribution in [0.1, 0.15) is 5.56 Å². The molecule has 1 aliphatic rings. The van der Waals surface area contributed by atoms with Gasteiger partial charge in [0.05, 0.1) is 0 Å². The van der Waals surface area contributed by atoms with Gasteiger partial charge in [0.25, 0.3) is 0 Å². The Hall–Kier alpha value is -0.277. The van der Waals surface area contributed by atoms with Crippen molar-refractivity contribution in [2.45, 2.75) is 0 Å². The summed E-state index contributed by atoms with van der Waals surface area (Å²) in [6.07, 6.45) is 0. The molecule has 0 radical (unpaired) electrons. The van der Waals surface area contributed by atoms with E-state index >= 15 is 0 Å². The normalized spacial score (nSPS) is 12.9. The summed E-state index contributed by atoms with van der Waals surface area (Å²) in [6, 6.07) is 15.4. The van der Waals surface area contributed by atoms with Gasteiger partial charge in [-0.3, -0.25) is 0 Å². The molecular formula is C14H11BiIN. The Morgan fingerprint density at radius 1 is 1.00 bits per heavy atom. The summed E-state index contributed by atoms with van der Waals surface area (Å²) in [6.45, 7) is 0. The van der Waals surface area contributed by atoms with E-state index in [1.807, 2.05) is 0 Å². The number of benzene rings is 2. The van der Waals surface area contributed by atoms with E-state index in [4.69, 9.17) is 0 Å². The molecule has 0 spiro atoms. The minimum absolute atomic E-state index is 0.707. The second kappa shape index (κ2) is 4.77. The third-order valence-electron chi connectivity index (χ3n) is 2.97. The van der Waals surface area contributed by atoms with E-state index < -0.39 is 22.8 Å². The van der Waals surface area contributed by atoms with E-state index in [9.17, 15) is 0 Å². The fourth-order valence-electron chi connectivity index (χ4n) is 2.07. The van der Waals surface area contributed by atoms with E-state index in [-0.39, 0.29) is 0 Å². The summed E-state index contributed by atoms with van der Waals surface area (Å²) in [5.74, 6) is 0. The molecule has 17 heavy (non-hydrogen) atoms. The van der Waals surface area contributed by atoms with E-state index in [2.05, 4.69) is 80.7 Å². The Morgan fingerprint density at radius 2 is 1.76 bits per heavy atom. The van der Waals surface area contributed by atoms with Gasteiger partial charge in [-0.15, -0.1) is 0 Å². The van der Waals surface area contributed by atoms with Crippen LogP contribution < -0.4 is 8.17 Å². The number of rotatable bonds is 0. The third kappa shape index (κ3) is 2.08. The number of halogens is 1. The van der Waals surface area contributed by atoms with Crippen molar-refractivity contribution in [1.29, 1.82) is 0 Å². The van der Waals surface area contributed by atoms with E-state index in [0.717, 1.165) is 0 Å². The van der Waals surface area contributed by atoms with Crippen molar-refractivity contribution < 1.29 is 0 Å². The first-order valence-electron chi connectivity index (χ1n) is 5.43. The van der Waals surface area contributed by atoms with Crippen molar-refractivity contribution in [2.24, 2.45) is 0 Å². The standard InChI is InChI=1S/C14H11IN.Bi/c1-11-13(15)9-6-10-14(11)16(2)12-7-4-3-5-8-12;/h1,3-7,9-10H,2H3;. The molecule has 0 unspecified atom stereocenters. The van der Waals surface area contributed by atoms with Crippen LogP contribution in [0.4, 0.5) is 11.4 Å². The van der Waals surface area contributed by atoms with Gasteiger partial charge in [-0.2, -0.15) is 0 Å². The Kier molecular flexibility index (Phi) is 3.31. The van der Waals surface area contributed by atoms with Gasteiger partial charge >= 0.3 is 127 Å². The molecular weight excluding hydrogens is 518 g/mol. The molecule has 1 heterocycles. The van der Waals surface area contributed by atoms with Gasteiger partial charge in [0.15, 0.2) is 0 Å². The molecule has 0 saturated heterocycles.